The molecule has 0 bridgehead atoms. The van der Waals surface area contributed by atoms with E-state index in [1.807, 2.05) is 182 Å². The van der Waals surface area contributed by atoms with E-state index in [4.69, 9.17) is 10.8 Å². The van der Waals surface area contributed by atoms with Crippen LogP contribution in [0.15, 0.2) is 182 Å². The molecule has 19 nitrogen and oxygen atoms in total. The van der Waals surface area contributed by atoms with Gasteiger partial charge in [0.15, 0.2) is 0 Å². The van der Waals surface area contributed by atoms with Crippen molar-refractivity contribution in [3.8, 4) is 0 Å². The van der Waals surface area contributed by atoms with Crippen LogP contribution in [0.3, 0.4) is 0 Å². The van der Waals surface area contributed by atoms with Gasteiger partial charge < -0.3 is 51.7 Å². The highest BCUT2D eigenvalue weighted by molar-refractivity contribution is 5.93. The van der Waals surface area contributed by atoms with Crippen LogP contribution in [-0.4, -0.2) is 163 Å². The van der Waals surface area contributed by atoms with Crippen molar-refractivity contribution in [2.45, 2.75) is 24.7 Å². The standard InChI is InChI=1S/C62H69N9O10/c63-35-58(76)70(40-52(48-23-11-3-12-24-48)49-25-13-4-14-26-49)44-56(74)64-36-59(77)68(33-31-46-19-7-1-8-20-46)42-54(72)66-38-61(79)71(41-53(50-27-15-5-16-28-50)51-29-17-6-18-30-51)45-57(75)65-37-60(78)69(43-55(73)67-39-62(80)81)34-32-47-21-9-2-10-22-47/h1-30,52-53H,31-45,63H2,(H,64,74)(H,65,75)(H,66,72)(H,67,73)(H,80,81). The Morgan fingerprint density at radius 2 is 0.617 bits per heavy atom. The first-order chi connectivity index (χ1) is 39.3. The Hall–Kier alpha value is -9.49. The van der Waals surface area contributed by atoms with Gasteiger partial charge in [0.05, 0.1) is 52.4 Å². The zero-order valence-electron chi connectivity index (χ0n) is 45.1. The maximum Gasteiger partial charge on any atom is 0.322 e. The van der Waals surface area contributed by atoms with E-state index in [0.29, 0.717) is 12.8 Å². The lowest BCUT2D eigenvalue weighted by Gasteiger charge is -2.29. The van der Waals surface area contributed by atoms with Gasteiger partial charge in [-0.3, -0.25) is 43.2 Å². The maximum absolute atomic E-state index is 14.4. The number of carboxylic acids is 1. The first kappa shape index (κ1) is 60.7. The summed E-state index contributed by atoms with van der Waals surface area (Å²) >= 11 is 0. The quantitative estimate of drug-likeness (QED) is 0.0369. The number of hydrogen-bond acceptors (Lipinski definition) is 10. The summed E-state index contributed by atoms with van der Waals surface area (Å²) in [5.74, 6) is -7.12. The molecule has 0 aliphatic carbocycles. The van der Waals surface area contributed by atoms with E-state index >= 15 is 0 Å². The number of nitrogens with one attached hydrogen (secondary N) is 4. The van der Waals surface area contributed by atoms with Gasteiger partial charge in [0, 0.05) is 38.0 Å². The van der Waals surface area contributed by atoms with Gasteiger partial charge >= 0.3 is 5.97 Å². The number of carboxylic acid groups (broad SMARTS) is 1. The molecule has 422 valence electrons. The number of nitrogens with zero attached hydrogens (tertiary/aromatic N) is 4. The van der Waals surface area contributed by atoms with E-state index in [-0.39, 0.29) is 38.6 Å². The average Bonchev–Trinajstić information content (AvgIpc) is 3.53. The van der Waals surface area contributed by atoms with Gasteiger partial charge in [-0.05, 0) is 46.2 Å². The minimum atomic E-state index is -1.26. The minimum Gasteiger partial charge on any atom is -0.480 e. The monoisotopic (exact) mass is 1100 g/mol. The summed E-state index contributed by atoms with van der Waals surface area (Å²) in [6, 6.07) is 56.3. The summed E-state index contributed by atoms with van der Waals surface area (Å²) in [6.07, 6.45) is 0.709. The van der Waals surface area contributed by atoms with Crippen LogP contribution >= 0.6 is 0 Å². The second kappa shape index (κ2) is 32.4. The highest BCUT2D eigenvalue weighted by Gasteiger charge is 2.28. The van der Waals surface area contributed by atoms with Crippen molar-refractivity contribution in [2.75, 3.05) is 85.1 Å². The van der Waals surface area contributed by atoms with Gasteiger partial charge in [0.1, 0.15) is 6.54 Å². The number of nitrogens with two attached hydrogens (primary N) is 1. The summed E-state index contributed by atoms with van der Waals surface area (Å²) in [5.41, 5.74) is 11.1. The molecule has 0 aromatic heterocycles. The topological polar surface area (TPSA) is 261 Å². The molecule has 0 spiro atoms. The molecule has 0 unspecified atom stereocenters. The molecule has 7 N–H and O–H groups in total. The van der Waals surface area contributed by atoms with Crippen LogP contribution in [0.25, 0.3) is 0 Å². The van der Waals surface area contributed by atoms with E-state index in [1.54, 1.807) is 0 Å². The Kier molecular flexibility index (Phi) is 24.3. The second-order valence-electron chi connectivity index (χ2n) is 19.1. The van der Waals surface area contributed by atoms with Crippen molar-refractivity contribution in [3.05, 3.63) is 215 Å². The summed E-state index contributed by atoms with van der Waals surface area (Å²) in [5, 5.41) is 19.1. The summed E-state index contributed by atoms with van der Waals surface area (Å²) < 4.78 is 0. The van der Waals surface area contributed by atoms with Crippen molar-refractivity contribution in [3.63, 3.8) is 0 Å². The lowest BCUT2D eigenvalue weighted by molar-refractivity contribution is -0.140. The summed E-state index contributed by atoms with van der Waals surface area (Å²) in [6.45, 7) is -4.34. The normalized spacial score (nSPS) is 10.8. The van der Waals surface area contributed by atoms with Crippen LogP contribution in [0.2, 0.25) is 0 Å². The predicted molar refractivity (Wildman–Crippen MR) is 305 cm³/mol. The highest BCUT2D eigenvalue weighted by atomic mass is 16.4. The minimum absolute atomic E-state index is 0.0358. The van der Waals surface area contributed by atoms with Crippen LogP contribution in [0.4, 0.5) is 0 Å². The molecule has 6 aromatic rings. The number of hydrogen-bond donors (Lipinski definition) is 6. The third-order valence-corrected chi connectivity index (χ3v) is 13.3. The average molecular weight is 1100 g/mol. The van der Waals surface area contributed by atoms with Crippen LogP contribution in [0.5, 0.6) is 0 Å². The Balaban J connectivity index is 1.13. The SMILES string of the molecule is NCC(=O)N(CC(=O)NCC(=O)N(CCc1ccccc1)CC(=O)NCC(=O)N(CC(=O)NCC(=O)N(CCc1ccccc1)CC(=O)NCC(=O)O)CC(c1ccccc1)c1ccccc1)CC(c1ccccc1)c1ccccc1. The van der Waals surface area contributed by atoms with Gasteiger partial charge in [-0.15, -0.1) is 0 Å². The zero-order chi connectivity index (χ0) is 57.8. The molecule has 81 heavy (non-hydrogen) atoms. The molecule has 0 aliphatic heterocycles. The highest BCUT2D eigenvalue weighted by Crippen LogP contribution is 2.27. The molecule has 0 saturated carbocycles. The smallest absolute Gasteiger partial charge is 0.322 e. The fourth-order valence-electron chi connectivity index (χ4n) is 8.98. The van der Waals surface area contributed by atoms with Crippen LogP contribution in [0.1, 0.15) is 45.2 Å². The van der Waals surface area contributed by atoms with Crippen LogP contribution < -0.4 is 27.0 Å². The van der Waals surface area contributed by atoms with Gasteiger partial charge in [-0.25, -0.2) is 0 Å². The molecule has 0 fully saturated rings. The molecule has 6 rings (SSSR count). The first-order valence-electron chi connectivity index (χ1n) is 26.6. The third kappa shape index (κ3) is 20.7. The Morgan fingerprint density at radius 3 is 0.914 bits per heavy atom. The maximum atomic E-state index is 14.4. The third-order valence-electron chi connectivity index (χ3n) is 13.3. The van der Waals surface area contributed by atoms with Crippen LogP contribution in [-0.2, 0) is 56.0 Å². The Morgan fingerprint density at radius 1 is 0.358 bits per heavy atom. The molecule has 8 amide bonds. The van der Waals surface area contributed by atoms with E-state index < -0.39 is 112 Å². The predicted octanol–water partition coefficient (Wildman–Crippen LogP) is 2.96. The van der Waals surface area contributed by atoms with Gasteiger partial charge in [0.2, 0.25) is 47.3 Å². The van der Waals surface area contributed by atoms with E-state index in [9.17, 15) is 43.2 Å². The molecule has 6 aromatic carbocycles. The number of carbonyl (C=O) groups is 9. The van der Waals surface area contributed by atoms with Crippen molar-refractivity contribution in [1.29, 1.82) is 0 Å². The second-order valence-corrected chi connectivity index (χ2v) is 19.1. The van der Waals surface area contributed by atoms with Crippen molar-refractivity contribution in [1.82, 2.24) is 40.9 Å². The first-order valence-corrected chi connectivity index (χ1v) is 26.6. The van der Waals surface area contributed by atoms with E-state index in [2.05, 4.69) is 21.3 Å². The molecule has 0 heterocycles. The Labute approximate surface area is 471 Å². The van der Waals surface area contributed by atoms with Crippen molar-refractivity contribution < 1.29 is 48.3 Å². The van der Waals surface area contributed by atoms with E-state index in [0.717, 1.165) is 33.4 Å². The number of benzene rings is 6. The van der Waals surface area contributed by atoms with E-state index in [1.165, 1.54) is 19.6 Å². The lowest BCUT2D eigenvalue weighted by atomic mass is 9.90. The van der Waals surface area contributed by atoms with Crippen molar-refractivity contribution in [2.24, 2.45) is 5.73 Å². The number of carbonyl (C=O) groups excluding carboxylic acids is 8. The molecule has 0 saturated heterocycles. The largest absolute Gasteiger partial charge is 0.480 e. The number of amides is 8. The fraction of sp³-hybridized carbons (Fsp3) is 0.274. The lowest BCUT2D eigenvalue weighted by Crippen LogP contribution is -2.51. The fourth-order valence-corrected chi connectivity index (χ4v) is 8.98. The van der Waals surface area contributed by atoms with Gasteiger partial charge in [-0.2, -0.15) is 0 Å². The molecular weight excluding hydrogens is 1030 g/mol. The Bertz CT molecular complexity index is 2920. The zero-order valence-corrected chi connectivity index (χ0v) is 45.1. The van der Waals surface area contributed by atoms with Crippen LogP contribution in [0, 0.1) is 0 Å². The van der Waals surface area contributed by atoms with Gasteiger partial charge in [0.25, 0.3) is 0 Å². The number of aliphatic carboxylic acids is 1. The molecule has 19 heteroatoms. The molecular formula is C62H69N9O10. The summed E-state index contributed by atoms with van der Waals surface area (Å²) in [4.78, 5) is 125. The van der Waals surface area contributed by atoms with Crippen molar-refractivity contribution >= 4 is 53.2 Å². The van der Waals surface area contributed by atoms with Gasteiger partial charge in [-0.1, -0.05) is 182 Å². The number of rotatable bonds is 31. The molecule has 0 atom stereocenters. The molecule has 0 aliphatic rings. The molecule has 0 radical (unpaired) electrons. The summed E-state index contributed by atoms with van der Waals surface area (Å²) in [7, 11) is 0.